The highest BCUT2D eigenvalue weighted by Crippen LogP contribution is 2.26. The summed E-state index contributed by atoms with van der Waals surface area (Å²) in [6.45, 7) is 5.57. The maximum absolute atomic E-state index is 13.1. The van der Waals surface area contributed by atoms with Crippen LogP contribution in [0.15, 0.2) is 158 Å². The highest BCUT2D eigenvalue weighted by atomic mass is 16.7. The molecule has 0 spiro atoms. The van der Waals surface area contributed by atoms with Crippen LogP contribution in [0.2, 0.25) is 0 Å². The molecular formula is C67H100O12. The van der Waals surface area contributed by atoms with Crippen LogP contribution in [-0.4, -0.2) is 89.2 Å². The maximum atomic E-state index is 13.1. The van der Waals surface area contributed by atoms with Gasteiger partial charge < -0.3 is 39.0 Å². The Morgan fingerprint density at radius 3 is 1.30 bits per heavy atom. The fourth-order valence-electron chi connectivity index (χ4n) is 7.64. The fourth-order valence-corrected chi connectivity index (χ4v) is 7.64. The van der Waals surface area contributed by atoms with Crippen molar-refractivity contribution in [3.8, 4) is 0 Å². The average molecular weight is 1100 g/mol. The lowest BCUT2D eigenvalue weighted by Gasteiger charge is -2.40. The SMILES string of the molecule is CC/C=C\C/C=C\C/C=C\C/C=C\C/C=C\C/C=C\CCC(=O)OCC(COC1OC(C(=O)O)C(O)C(O)C1OC(=O)CCC/C=C\C/C=C\C/C=C\C/C=C\C/C=C\CC)OC(=O)CCCCCCC/C=C\C/C=C\CCC. The third-order valence-electron chi connectivity index (χ3n) is 12.1. The van der Waals surface area contributed by atoms with Crippen molar-refractivity contribution in [3.05, 3.63) is 158 Å². The number of ether oxygens (including phenoxy) is 5. The van der Waals surface area contributed by atoms with Gasteiger partial charge in [-0.1, -0.05) is 204 Å². The molecule has 1 aliphatic rings. The first-order valence-corrected chi connectivity index (χ1v) is 29.5. The minimum atomic E-state index is -1.94. The van der Waals surface area contributed by atoms with Crippen LogP contribution in [0.1, 0.15) is 188 Å². The first-order valence-electron chi connectivity index (χ1n) is 29.5. The average Bonchev–Trinajstić information content (AvgIpc) is 3.47. The zero-order valence-corrected chi connectivity index (χ0v) is 48.3. The van der Waals surface area contributed by atoms with E-state index >= 15 is 0 Å². The smallest absolute Gasteiger partial charge is 0.335 e. The number of hydrogen-bond donors (Lipinski definition) is 3. The van der Waals surface area contributed by atoms with Crippen molar-refractivity contribution in [2.75, 3.05) is 13.2 Å². The lowest BCUT2D eigenvalue weighted by atomic mass is 9.98. The van der Waals surface area contributed by atoms with Gasteiger partial charge in [0.15, 0.2) is 24.6 Å². The van der Waals surface area contributed by atoms with Crippen molar-refractivity contribution in [1.29, 1.82) is 0 Å². The van der Waals surface area contributed by atoms with Crippen LogP contribution in [0.5, 0.6) is 0 Å². The number of hydrogen-bond acceptors (Lipinski definition) is 11. The van der Waals surface area contributed by atoms with Crippen molar-refractivity contribution < 1.29 is 58.2 Å². The molecule has 1 heterocycles. The maximum Gasteiger partial charge on any atom is 0.335 e. The molecule has 0 saturated carbocycles. The van der Waals surface area contributed by atoms with E-state index in [4.69, 9.17) is 23.7 Å². The third-order valence-corrected chi connectivity index (χ3v) is 12.1. The van der Waals surface area contributed by atoms with Gasteiger partial charge in [0.05, 0.1) is 6.61 Å². The molecule has 12 heteroatoms. The summed E-state index contributed by atoms with van der Waals surface area (Å²) in [5, 5.41) is 31.5. The number of carboxylic acids is 1. The summed E-state index contributed by atoms with van der Waals surface area (Å²) < 4.78 is 28.2. The van der Waals surface area contributed by atoms with E-state index in [2.05, 4.69) is 154 Å². The van der Waals surface area contributed by atoms with Crippen molar-refractivity contribution >= 4 is 23.9 Å². The van der Waals surface area contributed by atoms with E-state index in [-0.39, 0.29) is 25.9 Å². The highest BCUT2D eigenvalue weighted by Gasteiger charge is 2.50. The summed E-state index contributed by atoms with van der Waals surface area (Å²) in [6, 6.07) is 0. The Morgan fingerprint density at radius 2 is 0.835 bits per heavy atom. The van der Waals surface area contributed by atoms with Gasteiger partial charge in [-0.25, -0.2) is 4.79 Å². The first kappa shape index (κ1) is 71.4. The summed E-state index contributed by atoms with van der Waals surface area (Å²) in [5.74, 6) is -3.36. The molecule has 440 valence electrons. The van der Waals surface area contributed by atoms with Gasteiger partial charge in [0.1, 0.15) is 18.8 Å². The van der Waals surface area contributed by atoms with Crippen molar-refractivity contribution in [2.45, 2.75) is 225 Å². The largest absolute Gasteiger partial charge is 0.479 e. The zero-order valence-electron chi connectivity index (χ0n) is 48.3. The quantitative estimate of drug-likeness (QED) is 0.0228. The highest BCUT2D eigenvalue weighted by molar-refractivity contribution is 5.74. The topological polar surface area (TPSA) is 175 Å². The number of carbonyl (C=O) groups is 4. The molecule has 1 fully saturated rings. The number of allylic oxidation sites excluding steroid dienone is 26. The fraction of sp³-hybridized carbons (Fsp3) is 0.552. The number of unbranched alkanes of at least 4 members (excludes halogenated alkanes) is 7. The summed E-state index contributed by atoms with van der Waals surface area (Å²) >= 11 is 0. The second-order valence-corrected chi connectivity index (χ2v) is 19.2. The van der Waals surface area contributed by atoms with Crippen LogP contribution in [-0.2, 0) is 42.9 Å². The second kappa shape index (κ2) is 53.0. The molecule has 1 aliphatic heterocycles. The van der Waals surface area contributed by atoms with Crippen LogP contribution in [0.4, 0.5) is 0 Å². The minimum absolute atomic E-state index is 0.0362. The number of esters is 3. The molecular weight excluding hydrogens is 997 g/mol. The Bertz CT molecular complexity index is 1980. The molecule has 0 bridgehead atoms. The van der Waals surface area contributed by atoms with E-state index < -0.39 is 67.3 Å². The Morgan fingerprint density at radius 1 is 0.430 bits per heavy atom. The lowest BCUT2D eigenvalue weighted by molar-refractivity contribution is -0.301. The molecule has 1 saturated heterocycles. The van der Waals surface area contributed by atoms with Crippen LogP contribution in [0.25, 0.3) is 0 Å². The van der Waals surface area contributed by atoms with E-state index in [1.54, 1.807) is 0 Å². The first-order chi connectivity index (χ1) is 38.6. The molecule has 3 N–H and O–H groups in total. The molecule has 6 atom stereocenters. The summed E-state index contributed by atoms with van der Waals surface area (Å²) in [6.07, 6.45) is 65.2. The molecule has 0 aromatic carbocycles. The summed E-state index contributed by atoms with van der Waals surface area (Å²) in [7, 11) is 0. The van der Waals surface area contributed by atoms with Gasteiger partial charge in [0, 0.05) is 19.3 Å². The van der Waals surface area contributed by atoms with Gasteiger partial charge in [-0.3, -0.25) is 14.4 Å². The van der Waals surface area contributed by atoms with Gasteiger partial charge in [0.25, 0.3) is 0 Å². The number of aliphatic hydroxyl groups excluding tert-OH is 2. The number of aliphatic carboxylic acids is 1. The monoisotopic (exact) mass is 1100 g/mol. The predicted octanol–water partition coefficient (Wildman–Crippen LogP) is 15.3. The molecule has 0 aliphatic carbocycles. The zero-order chi connectivity index (χ0) is 57.5. The standard InChI is InChI=1S/C67H100O12/c1-4-7-10-13-16-19-22-25-27-29-30-32-33-36-38-41-44-47-50-53-59(68)75-56-58(77-60(69)54-51-48-45-42-39-35-24-21-18-15-12-9-6-3)57-76-67-65(63(72)62(71)64(79-67)66(73)74)78-61(70)55-52-49-46-43-40-37-34-31-28-26-23-20-17-14-11-8-5-2/h7-8,10-12,15-17,19-21,24-28,30,32,34,36-38,43-44,46-47,58,62-65,67,71-72H,4-6,9,13-14,18,22-23,29,31,33,35,39-42,45,48-57H2,1-3H3,(H,73,74)/b10-7-,11-8-,15-12-,19-16-,20-17-,24-21-,27-25-,28-26-,32-30-,37-34-,38-36-,46-43-,47-44-. The van der Waals surface area contributed by atoms with Crippen LogP contribution in [0, 0.1) is 0 Å². The number of aliphatic hydroxyl groups is 2. The van der Waals surface area contributed by atoms with E-state index in [1.807, 2.05) is 24.3 Å². The van der Waals surface area contributed by atoms with E-state index in [1.165, 1.54) is 0 Å². The van der Waals surface area contributed by atoms with E-state index in [9.17, 15) is 34.5 Å². The Hall–Kier alpha value is -5.66. The lowest BCUT2D eigenvalue weighted by Crippen LogP contribution is -2.61. The van der Waals surface area contributed by atoms with Crippen LogP contribution in [0.3, 0.4) is 0 Å². The van der Waals surface area contributed by atoms with Gasteiger partial charge >= 0.3 is 23.9 Å². The molecule has 1 rings (SSSR count). The minimum Gasteiger partial charge on any atom is -0.479 e. The van der Waals surface area contributed by atoms with Gasteiger partial charge in [-0.2, -0.15) is 0 Å². The van der Waals surface area contributed by atoms with Crippen molar-refractivity contribution in [2.24, 2.45) is 0 Å². The Kier molecular flexibility index (Phi) is 47.9. The van der Waals surface area contributed by atoms with Crippen LogP contribution < -0.4 is 0 Å². The van der Waals surface area contributed by atoms with Gasteiger partial charge in [0.2, 0.25) is 0 Å². The molecule has 0 aromatic heterocycles. The van der Waals surface area contributed by atoms with Gasteiger partial charge in [-0.15, -0.1) is 0 Å². The molecule has 79 heavy (non-hydrogen) atoms. The van der Waals surface area contributed by atoms with E-state index in [0.29, 0.717) is 32.1 Å². The van der Waals surface area contributed by atoms with Crippen LogP contribution >= 0.6 is 0 Å². The van der Waals surface area contributed by atoms with E-state index in [0.717, 1.165) is 116 Å². The summed E-state index contributed by atoms with van der Waals surface area (Å²) in [4.78, 5) is 51.1. The number of rotatable bonds is 47. The third kappa shape index (κ3) is 42.9. The van der Waals surface area contributed by atoms with Crippen molar-refractivity contribution in [3.63, 3.8) is 0 Å². The molecule has 0 radical (unpaired) electrons. The Balaban J connectivity index is 2.79. The molecule has 0 amide bonds. The molecule has 12 nitrogen and oxygen atoms in total. The number of carbonyl (C=O) groups excluding carboxylic acids is 3. The van der Waals surface area contributed by atoms with Crippen molar-refractivity contribution in [1.82, 2.24) is 0 Å². The molecule has 0 aromatic rings. The predicted molar refractivity (Wildman–Crippen MR) is 321 cm³/mol. The summed E-state index contributed by atoms with van der Waals surface area (Å²) in [5.41, 5.74) is 0. The normalized spacial score (nSPS) is 19.0. The molecule has 6 unspecified atom stereocenters. The Labute approximate surface area is 475 Å². The number of carboxylic acid groups (broad SMARTS) is 1. The van der Waals surface area contributed by atoms with Gasteiger partial charge in [-0.05, 0) is 122 Å². The second-order valence-electron chi connectivity index (χ2n) is 19.2.